The maximum atomic E-state index is 8.72. The molecule has 0 saturated carbocycles. The van der Waals surface area contributed by atoms with Crippen LogP contribution in [0.2, 0.25) is 0 Å². The van der Waals surface area contributed by atoms with Gasteiger partial charge in [-0.1, -0.05) is 6.42 Å². The van der Waals surface area contributed by atoms with Gasteiger partial charge in [-0.2, -0.15) is 5.26 Å². The average molecular weight is 197 g/mol. The number of unbranched alkanes of at least 4 members (excludes halogenated alkanes) is 2. The lowest BCUT2D eigenvalue weighted by Crippen LogP contribution is -1.98. The van der Waals surface area contributed by atoms with Gasteiger partial charge in [0.05, 0.1) is 0 Å². The molecule has 1 aromatic rings. The second-order valence-corrected chi connectivity index (χ2v) is 3.33. The number of alkyl halides is 1. The highest BCUT2D eigenvalue weighted by atomic mass is 35.5. The first-order chi connectivity index (χ1) is 6.38. The molecular formula is C10H13ClN2. The normalized spacial score (nSPS) is 9.85. The Hall–Kier alpha value is -0.940. The van der Waals surface area contributed by atoms with E-state index < -0.39 is 0 Å². The lowest BCUT2D eigenvalue weighted by molar-refractivity contribution is 0.602. The first kappa shape index (κ1) is 10.1. The highest BCUT2D eigenvalue weighted by Crippen LogP contribution is 2.05. The lowest BCUT2D eigenvalue weighted by atomic mass is 10.2. The molecule has 70 valence electrons. The number of hydrogen-bond donors (Lipinski definition) is 0. The minimum atomic E-state index is 0.733. The fourth-order valence-corrected chi connectivity index (χ4v) is 1.45. The molecule has 0 aliphatic carbocycles. The van der Waals surface area contributed by atoms with E-state index in [9.17, 15) is 0 Å². The smallest absolute Gasteiger partial charge is 0.120 e. The van der Waals surface area contributed by atoms with Crippen LogP contribution in [-0.4, -0.2) is 10.4 Å². The van der Waals surface area contributed by atoms with Crippen LogP contribution in [0.4, 0.5) is 0 Å². The molecular weight excluding hydrogens is 184 g/mol. The molecule has 0 aliphatic rings. The number of rotatable bonds is 5. The second kappa shape index (κ2) is 5.66. The van der Waals surface area contributed by atoms with E-state index in [1.807, 2.05) is 22.9 Å². The van der Waals surface area contributed by atoms with E-state index in [1.54, 1.807) is 0 Å². The Balaban J connectivity index is 2.33. The Bertz CT molecular complexity index is 285. The van der Waals surface area contributed by atoms with Crippen molar-refractivity contribution in [2.75, 3.05) is 5.88 Å². The van der Waals surface area contributed by atoms with Crippen molar-refractivity contribution in [2.45, 2.75) is 25.8 Å². The molecule has 0 fully saturated rings. The summed E-state index contributed by atoms with van der Waals surface area (Å²) in [6, 6.07) is 5.89. The minimum absolute atomic E-state index is 0.733. The van der Waals surface area contributed by atoms with Gasteiger partial charge in [-0.3, -0.25) is 0 Å². The van der Waals surface area contributed by atoms with Gasteiger partial charge in [-0.05, 0) is 25.0 Å². The van der Waals surface area contributed by atoms with Crippen LogP contribution in [-0.2, 0) is 6.54 Å². The molecule has 13 heavy (non-hydrogen) atoms. The zero-order valence-corrected chi connectivity index (χ0v) is 8.30. The minimum Gasteiger partial charge on any atom is -0.339 e. The van der Waals surface area contributed by atoms with Gasteiger partial charge in [0, 0.05) is 18.6 Å². The third-order valence-corrected chi connectivity index (χ3v) is 2.24. The van der Waals surface area contributed by atoms with Crippen LogP contribution < -0.4 is 0 Å². The summed E-state index contributed by atoms with van der Waals surface area (Å²) in [6.07, 6.45) is 5.23. The third-order valence-electron chi connectivity index (χ3n) is 1.98. The molecule has 3 heteroatoms. The average Bonchev–Trinajstić information content (AvgIpc) is 2.60. The summed E-state index contributed by atoms with van der Waals surface area (Å²) in [4.78, 5) is 0. The first-order valence-corrected chi connectivity index (χ1v) is 5.03. The van der Waals surface area contributed by atoms with Crippen molar-refractivity contribution in [3.63, 3.8) is 0 Å². The molecule has 0 aromatic carbocycles. The maximum absolute atomic E-state index is 8.72. The van der Waals surface area contributed by atoms with Crippen LogP contribution in [0.1, 0.15) is 25.0 Å². The number of halogens is 1. The molecule has 0 atom stereocenters. The van der Waals surface area contributed by atoms with E-state index in [0.29, 0.717) is 0 Å². The maximum Gasteiger partial charge on any atom is 0.120 e. The molecule has 0 amide bonds. The van der Waals surface area contributed by atoms with Gasteiger partial charge in [0.25, 0.3) is 0 Å². The van der Waals surface area contributed by atoms with Crippen molar-refractivity contribution < 1.29 is 0 Å². The third kappa shape index (κ3) is 3.12. The van der Waals surface area contributed by atoms with Gasteiger partial charge < -0.3 is 4.57 Å². The second-order valence-electron chi connectivity index (χ2n) is 2.95. The van der Waals surface area contributed by atoms with Crippen LogP contribution in [0.3, 0.4) is 0 Å². The molecule has 0 radical (unpaired) electrons. The Morgan fingerprint density at radius 1 is 1.38 bits per heavy atom. The van der Waals surface area contributed by atoms with Gasteiger partial charge in [0.2, 0.25) is 0 Å². The summed E-state index contributed by atoms with van der Waals surface area (Å²) in [7, 11) is 0. The number of hydrogen-bond acceptors (Lipinski definition) is 1. The van der Waals surface area contributed by atoms with Crippen molar-refractivity contribution in [3.05, 3.63) is 24.0 Å². The fourth-order valence-electron chi connectivity index (χ4n) is 1.26. The highest BCUT2D eigenvalue weighted by molar-refractivity contribution is 6.17. The van der Waals surface area contributed by atoms with Crippen molar-refractivity contribution in [1.29, 1.82) is 5.26 Å². The molecule has 0 bridgehead atoms. The van der Waals surface area contributed by atoms with E-state index >= 15 is 0 Å². The Labute approximate surface area is 83.7 Å². The van der Waals surface area contributed by atoms with Gasteiger partial charge in [-0.15, -0.1) is 11.6 Å². The van der Waals surface area contributed by atoms with Crippen LogP contribution >= 0.6 is 11.6 Å². The summed E-state index contributed by atoms with van der Waals surface area (Å²) in [5.74, 6) is 0.733. The highest BCUT2D eigenvalue weighted by Gasteiger charge is 1.97. The van der Waals surface area contributed by atoms with Gasteiger partial charge in [0.15, 0.2) is 0 Å². The SMILES string of the molecule is N#Cc1cccn1CCCCCCl. The summed E-state index contributed by atoms with van der Waals surface area (Å²) >= 11 is 5.56. The van der Waals surface area contributed by atoms with Crippen LogP contribution in [0.5, 0.6) is 0 Å². The zero-order valence-electron chi connectivity index (χ0n) is 7.54. The first-order valence-electron chi connectivity index (χ1n) is 4.49. The summed E-state index contributed by atoms with van der Waals surface area (Å²) in [5, 5.41) is 8.72. The molecule has 0 saturated heterocycles. The number of aryl methyl sites for hydroxylation is 1. The molecule has 0 unspecified atom stereocenters. The van der Waals surface area contributed by atoms with E-state index in [2.05, 4.69) is 6.07 Å². The van der Waals surface area contributed by atoms with Crippen molar-refractivity contribution >= 4 is 11.6 Å². The zero-order chi connectivity index (χ0) is 9.52. The Morgan fingerprint density at radius 2 is 2.23 bits per heavy atom. The number of aromatic nitrogens is 1. The van der Waals surface area contributed by atoms with Crippen LogP contribution in [0, 0.1) is 11.3 Å². The van der Waals surface area contributed by atoms with Crippen LogP contribution in [0.25, 0.3) is 0 Å². The fraction of sp³-hybridized carbons (Fsp3) is 0.500. The predicted molar refractivity (Wildman–Crippen MR) is 53.7 cm³/mol. The van der Waals surface area contributed by atoms with Crippen molar-refractivity contribution in [2.24, 2.45) is 0 Å². The van der Waals surface area contributed by atoms with E-state index in [1.165, 1.54) is 0 Å². The van der Waals surface area contributed by atoms with Crippen molar-refractivity contribution in [3.8, 4) is 6.07 Å². The molecule has 0 spiro atoms. The Morgan fingerprint density at radius 3 is 2.92 bits per heavy atom. The molecule has 0 aliphatic heterocycles. The van der Waals surface area contributed by atoms with Crippen molar-refractivity contribution in [1.82, 2.24) is 4.57 Å². The van der Waals surface area contributed by atoms with Gasteiger partial charge in [0.1, 0.15) is 11.8 Å². The number of nitriles is 1. The summed E-state index contributed by atoms with van der Waals surface area (Å²) in [6.45, 7) is 0.923. The number of nitrogens with zero attached hydrogens (tertiary/aromatic N) is 2. The van der Waals surface area contributed by atoms with Gasteiger partial charge >= 0.3 is 0 Å². The molecule has 1 aromatic heterocycles. The molecule has 2 nitrogen and oxygen atoms in total. The van der Waals surface area contributed by atoms with Gasteiger partial charge in [-0.25, -0.2) is 0 Å². The van der Waals surface area contributed by atoms with Crippen LogP contribution in [0.15, 0.2) is 18.3 Å². The quantitative estimate of drug-likeness (QED) is 0.526. The van der Waals surface area contributed by atoms with E-state index in [0.717, 1.165) is 37.4 Å². The lowest BCUT2D eigenvalue weighted by Gasteiger charge is -2.03. The van der Waals surface area contributed by atoms with E-state index in [4.69, 9.17) is 16.9 Å². The summed E-state index contributed by atoms with van der Waals surface area (Å²) < 4.78 is 1.98. The standard InChI is InChI=1S/C10H13ClN2/c11-6-2-1-3-7-13-8-4-5-10(13)9-12/h4-5,8H,1-3,6-7H2. The van der Waals surface area contributed by atoms with E-state index in [-0.39, 0.29) is 0 Å². The largest absolute Gasteiger partial charge is 0.339 e. The summed E-state index contributed by atoms with van der Waals surface area (Å²) in [5.41, 5.74) is 0.742. The topological polar surface area (TPSA) is 28.7 Å². The monoisotopic (exact) mass is 196 g/mol. The molecule has 1 heterocycles. The predicted octanol–water partition coefficient (Wildman–Crippen LogP) is 2.77. The molecule has 0 N–H and O–H groups in total. The Kier molecular flexibility index (Phi) is 4.42. The molecule has 1 rings (SSSR count).